The van der Waals surface area contributed by atoms with Crippen LogP contribution in [0.25, 0.3) is 0 Å². The van der Waals surface area contributed by atoms with Crippen molar-refractivity contribution in [1.29, 1.82) is 0 Å². The van der Waals surface area contributed by atoms with Crippen LogP contribution in [0, 0.1) is 0 Å². The van der Waals surface area contributed by atoms with Crippen molar-refractivity contribution in [2.24, 2.45) is 0 Å². The van der Waals surface area contributed by atoms with Crippen LogP contribution in [0.4, 0.5) is 0 Å². The second kappa shape index (κ2) is 3.45. The second-order valence-electron chi connectivity index (χ2n) is 2.16. The smallest absolute Gasteiger partial charge is 0.309 e. The van der Waals surface area contributed by atoms with Crippen molar-refractivity contribution in [1.82, 2.24) is 5.32 Å². The van der Waals surface area contributed by atoms with Crippen LogP contribution in [0.3, 0.4) is 0 Å². The summed E-state index contributed by atoms with van der Waals surface area (Å²) >= 11 is 0. The molecule has 3 heteroatoms. The fraction of sp³-hybridized carbons (Fsp3) is 0.833. The molecule has 1 aliphatic rings. The van der Waals surface area contributed by atoms with Crippen molar-refractivity contribution in [2.45, 2.75) is 18.9 Å². The average Bonchev–Trinajstić information content (AvgIpc) is 1.91. The Hall–Kier alpha value is -0.570. The molecule has 9 heavy (non-hydrogen) atoms. The molecule has 1 atom stereocenters. The zero-order chi connectivity index (χ0) is 6.53. The van der Waals surface area contributed by atoms with E-state index >= 15 is 0 Å². The maximum atomic E-state index is 9.78. The third-order valence-corrected chi connectivity index (χ3v) is 1.42. The number of nitrogens with one attached hydrogen (secondary N) is 1. The Bertz CT molecular complexity index is 89.1. The van der Waals surface area contributed by atoms with Crippen LogP contribution in [0.15, 0.2) is 0 Å². The SMILES string of the molecule is O=[C]NC1CCCOC1. The normalized spacial score (nSPS) is 27.3. The maximum absolute atomic E-state index is 9.78. The van der Waals surface area contributed by atoms with Crippen molar-refractivity contribution < 1.29 is 9.53 Å². The lowest BCUT2D eigenvalue weighted by Crippen LogP contribution is -2.35. The Morgan fingerprint density at radius 2 is 2.56 bits per heavy atom. The van der Waals surface area contributed by atoms with E-state index < -0.39 is 0 Å². The molecular weight excluding hydrogens is 118 g/mol. The summed E-state index contributed by atoms with van der Waals surface area (Å²) in [6.45, 7) is 1.48. The predicted molar refractivity (Wildman–Crippen MR) is 32.7 cm³/mol. The number of rotatable bonds is 2. The minimum atomic E-state index is 0.205. The van der Waals surface area contributed by atoms with Gasteiger partial charge in [0.15, 0.2) is 0 Å². The van der Waals surface area contributed by atoms with Crippen LogP contribution < -0.4 is 5.32 Å². The first-order valence-electron chi connectivity index (χ1n) is 3.14. The number of carbonyl (C=O) groups excluding carboxylic acids is 1. The fourth-order valence-electron chi connectivity index (χ4n) is 0.938. The summed E-state index contributed by atoms with van der Waals surface area (Å²) in [7, 11) is 0. The topological polar surface area (TPSA) is 38.3 Å². The van der Waals surface area contributed by atoms with Crippen molar-refractivity contribution in [2.75, 3.05) is 13.2 Å². The highest BCUT2D eigenvalue weighted by Gasteiger charge is 2.11. The van der Waals surface area contributed by atoms with Gasteiger partial charge in [0.05, 0.1) is 12.6 Å². The lowest BCUT2D eigenvalue weighted by atomic mass is 10.1. The van der Waals surface area contributed by atoms with Gasteiger partial charge in [-0.25, -0.2) is 0 Å². The van der Waals surface area contributed by atoms with Crippen LogP contribution >= 0.6 is 0 Å². The molecule has 0 aromatic rings. The van der Waals surface area contributed by atoms with Gasteiger partial charge >= 0.3 is 6.41 Å². The molecule has 0 aromatic heterocycles. The van der Waals surface area contributed by atoms with Gasteiger partial charge in [-0.1, -0.05) is 0 Å². The van der Waals surface area contributed by atoms with Gasteiger partial charge in [0, 0.05) is 6.61 Å². The zero-order valence-electron chi connectivity index (χ0n) is 5.22. The Balaban J connectivity index is 2.15. The summed E-state index contributed by atoms with van der Waals surface area (Å²) in [4.78, 5) is 9.78. The zero-order valence-corrected chi connectivity index (χ0v) is 5.22. The van der Waals surface area contributed by atoms with E-state index in [-0.39, 0.29) is 6.04 Å². The van der Waals surface area contributed by atoms with Gasteiger partial charge in [-0.3, -0.25) is 4.79 Å². The molecule has 51 valence electrons. The van der Waals surface area contributed by atoms with Gasteiger partial charge in [0.1, 0.15) is 0 Å². The summed E-state index contributed by atoms with van der Waals surface area (Å²) in [5.74, 6) is 0. The number of hydrogen-bond donors (Lipinski definition) is 1. The van der Waals surface area contributed by atoms with Crippen molar-refractivity contribution >= 4 is 6.41 Å². The van der Waals surface area contributed by atoms with E-state index in [1.54, 1.807) is 6.41 Å². The molecule has 0 spiro atoms. The quantitative estimate of drug-likeness (QED) is 0.524. The Morgan fingerprint density at radius 3 is 3.11 bits per heavy atom. The molecule has 1 amide bonds. The van der Waals surface area contributed by atoms with Gasteiger partial charge in [-0.05, 0) is 12.8 Å². The van der Waals surface area contributed by atoms with Crippen LogP contribution in [0.5, 0.6) is 0 Å². The van der Waals surface area contributed by atoms with Crippen LogP contribution in [0.2, 0.25) is 0 Å². The first-order valence-corrected chi connectivity index (χ1v) is 3.14. The summed E-state index contributed by atoms with van der Waals surface area (Å²) < 4.78 is 5.09. The minimum absolute atomic E-state index is 0.205. The number of amides is 1. The molecule has 1 N–H and O–H groups in total. The van der Waals surface area contributed by atoms with E-state index in [0.29, 0.717) is 6.61 Å². The molecule has 1 rings (SSSR count). The average molecular weight is 128 g/mol. The molecule has 3 nitrogen and oxygen atoms in total. The standard InChI is InChI=1S/C6H10NO2/c8-5-7-6-2-1-3-9-4-6/h6H,1-4H2,(H,7,8). The van der Waals surface area contributed by atoms with E-state index in [2.05, 4.69) is 5.32 Å². The molecule has 0 aromatic carbocycles. The summed E-state index contributed by atoms with van der Waals surface area (Å²) in [5, 5.41) is 2.55. The molecule has 0 aliphatic carbocycles. The summed E-state index contributed by atoms with van der Waals surface area (Å²) in [6.07, 6.45) is 3.72. The Labute approximate surface area is 54.4 Å². The number of ether oxygens (including phenoxy) is 1. The molecule has 1 unspecified atom stereocenters. The maximum Gasteiger partial charge on any atom is 0.309 e. The molecule has 0 saturated carbocycles. The highest BCUT2D eigenvalue weighted by molar-refractivity contribution is 5.47. The molecular formula is C6H10NO2. The van der Waals surface area contributed by atoms with E-state index in [4.69, 9.17) is 4.74 Å². The molecule has 1 radical (unpaired) electrons. The van der Waals surface area contributed by atoms with Gasteiger partial charge in [-0.15, -0.1) is 0 Å². The largest absolute Gasteiger partial charge is 0.379 e. The van der Waals surface area contributed by atoms with Crippen molar-refractivity contribution in [3.8, 4) is 0 Å². The molecule has 1 fully saturated rings. The summed E-state index contributed by atoms with van der Waals surface area (Å²) in [5.41, 5.74) is 0. The molecule has 1 aliphatic heterocycles. The third-order valence-electron chi connectivity index (χ3n) is 1.42. The first-order chi connectivity index (χ1) is 4.43. The van der Waals surface area contributed by atoms with E-state index in [1.807, 2.05) is 0 Å². The fourth-order valence-corrected chi connectivity index (χ4v) is 0.938. The van der Waals surface area contributed by atoms with Crippen LogP contribution in [0.1, 0.15) is 12.8 Å². The molecule has 0 bridgehead atoms. The van der Waals surface area contributed by atoms with Gasteiger partial charge in [-0.2, -0.15) is 0 Å². The van der Waals surface area contributed by atoms with Gasteiger partial charge < -0.3 is 10.1 Å². The lowest BCUT2D eigenvalue weighted by Gasteiger charge is -2.20. The monoisotopic (exact) mass is 128 g/mol. The van der Waals surface area contributed by atoms with Crippen molar-refractivity contribution in [3.63, 3.8) is 0 Å². The van der Waals surface area contributed by atoms with Gasteiger partial charge in [0.25, 0.3) is 0 Å². The lowest BCUT2D eigenvalue weighted by molar-refractivity contribution is 0.0762. The first kappa shape index (κ1) is 6.55. The summed E-state index contributed by atoms with van der Waals surface area (Å²) in [6, 6.07) is 0.205. The van der Waals surface area contributed by atoms with Crippen LogP contribution in [-0.4, -0.2) is 25.7 Å². The highest BCUT2D eigenvalue weighted by Crippen LogP contribution is 2.04. The van der Waals surface area contributed by atoms with Gasteiger partial charge in [0.2, 0.25) is 0 Å². The van der Waals surface area contributed by atoms with Crippen LogP contribution in [-0.2, 0) is 9.53 Å². The third kappa shape index (κ3) is 2.01. The van der Waals surface area contributed by atoms with Crippen molar-refractivity contribution in [3.05, 3.63) is 0 Å². The Kier molecular flexibility index (Phi) is 2.51. The minimum Gasteiger partial charge on any atom is -0.379 e. The number of hydrogen-bond acceptors (Lipinski definition) is 2. The highest BCUT2D eigenvalue weighted by atomic mass is 16.5. The second-order valence-corrected chi connectivity index (χ2v) is 2.16. The van der Waals surface area contributed by atoms with E-state index in [9.17, 15) is 4.79 Å². The molecule has 1 heterocycles. The Morgan fingerprint density at radius 1 is 1.67 bits per heavy atom. The van der Waals surface area contributed by atoms with E-state index in [1.165, 1.54) is 0 Å². The predicted octanol–water partition coefficient (Wildman–Crippen LogP) is -0.178. The van der Waals surface area contributed by atoms with E-state index in [0.717, 1.165) is 19.4 Å². The molecule has 1 saturated heterocycles.